The quantitative estimate of drug-likeness (QED) is 0.788. The van der Waals surface area contributed by atoms with Crippen molar-refractivity contribution in [2.24, 2.45) is 0 Å². The van der Waals surface area contributed by atoms with Gasteiger partial charge in [-0.05, 0) is 31.2 Å². The normalized spacial score (nSPS) is 12.8. The summed E-state index contributed by atoms with van der Waals surface area (Å²) in [6.45, 7) is 1.35. The number of hydrogen-bond acceptors (Lipinski definition) is 5. The number of alkyl halides is 2. The number of nitriles is 1. The van der Waals surface area contributed by atoms with Gasteiger partial charge in [-0.1, -0.05) is 0 Å². The largest absolute Gasteiger partial charge is 0.444 e. The van der Waals surface area contributed by atoms with E-state index < -0.39 is 32.6 Å². The van der Waals surface area contributed by atoms with Gasteiger partial charge in [-0.25, -0.2) is 13.2 Å². The summed E-state index contributed by atoms with van der Waals surface area (Å²) in [4.78, 5) is 10.8. The van der Waals surface area contributed by atoms with Crippen LogP contribution < -0.4 is 0 Å². The lowest BCUT2D eigenvalue weighted by molar-refractivity contribution is 0.0435. The highest BCUT2D eigenvalue weighted by atomic mass is 32.2. The first-order valence-electron chi connectivity index (χ1n) is 5.01. The Labute approximate surface area is 108 Å². The Hall–Kier alpha value is -2.01. The van der Waals surface area contributed by atoms with Crippen LogP contribution in [0.1, 0.15) is 17.3 Å². The fourth-order valence-electron chi connectivity index (χ4n) is 1.14. The van der Waals surface area contributed by atoms with Crippen LogP contribution in [-0.2, 0) is 14.6 Å². The molecule has 0 bridgehead atoms. The van der Waals surface area contributed by atoms with Crippen LogP contribution in [0.3, 0.4) is 0 Å². The monoisotopic (exact) mass is 289 g/mol. The lowest BCUT2D eigenvalue weighted by Crippen LogP contribution is -2.14. The van der Waals surface area contributed by atoms with E-state index in [4.69, 9.17) is 5.26 Å². The molecule has 0 aliphatic rings. The molecule has 1 rings (SSSR count). The maximum absolute atomic E-state index is 12.3. The second-order valence-electron chi connectivity index (χ2n) is 3.51. The molecule has 0 saturated carbocycles. The van der Waals surface area contributed by atoms with Gasteiger partial charge >= 0.3 is 11.7 Å². The number of halogens is 2. The summed E-state index contributed by atoms with van der Waals surface area (Å²) in [5.41, 5.74) is -0.0321. The molecule has 1 atom stereocenters. The number of benzene rings is 1. The van der Waals surface area contributed by atoms with Crippen molar-refractivity contribution in [2.45, 2.75) is 23.7 Å². The molecule has 1 aromatic carbocycles. The van der Waals surface area contributed by atoms with Gasteiger partial charge in [-0.2, -0.15) is 14.0 Å². The summed E-state index contributed by atoms with van der Waals surface area (Å²) >= 11 is 0. The van der Waals surface area contributed by atoms with Gasteiger partial charge in [0.15, 0.2) is 6.10 Å². The van der Waals surface area contributed by atoms with E-state index in [9.17, 15) is 22.0 Å². The highest BCUT2D eigenvalue weighted by Gasteiger charge is 2.26. The zero-order chi connectivity index (χ0) is 14.6. The number of ether oxygens (including phenoxy) is 1. The van der Waals surface area contributed by atoms with Gasteiger partial charge in [-0.15, -0.1) is 0 Å². The van der Waals surface area contributed by atoms with Crippen LogP contribution >= 0.6 is 0 Å². The van der Waals surface area contributed by atoms with Gasteiger partial charge in [0.1, 0.15) is 6.07 Å². The summed E-state index contributed by atoms with van der Waals surface area (Å²) in [7, 11) is -4.68. The molecule has 0 aliphatic heterocycles. The van der Waals surface area contributed by atoms with Crippen molar-refractivity contribution in [3.8, 4) is 6.07 Å². The van der Waals surface area contributed by atoms with Crippen molar-refractivity contribution in [3.05, 3.63) is 29.8 Å². The summed E-state index contributed by atoms with van der Waals surface area (Å²) in [6, 6.07) is 5.53. The SMILES string of the molecule is C[C@H](C#N)OC(=O)c1ccc(S(=O)(=O)C(F)F)cc1. The van der Waals surface area contributed by atoms with Crippen LogP contribution in [0.25, 0.3) is 0 Å². The van der Waals surface area contributed by atoms with Gasteiger partial charge < -0.3 is 4.74 Å². The van der Waals surface area contributed by atoms with Gasteiger partial charge in [0.2, 0.25) is 9.84 Å². The predicted molar refractivity (Wildman–Crippen MR) is 60.1 cm³/mol. The summed E-state index contributed by atoms with van der Waals surface area (Å²) < 4.78 is 51.4. The number of carbonyl (C=O) groups is 1. The smallest absolute Gasteiger partial charge is 0.341 e. The first-order chi connectivity index (χ1) is 8.78. The maximum Gasteiger partial charge on any atom is 0.341 e. The molecule has 0 aliphatic carbocycles. The zero-order valence-corrected chi connectivity index (χ0v) is 10.5. The molecule has 0 heterocycles. The van der Waals surface area contributed by atoms with E-state index in [1.165, 1.54) is 6.92 Å². The molecule has 5 nitrogen and oxygen atoms in total. The molecule has 102 valence electrons. The molecule has 0 N–H and O–H groups in total. The second kappa shape index (κ2) is 5.75. The first-order valence-corrected chi connectivity index (χ1v) is 6.56. The molecule has 19 heavy (non-hydrogen) atoms. The summed E-state index contributed by atoms with van der Waals surface area (Å²) in [5, 5.41) is 8.45. The highest BCUT2D eigenvalue weighted by Crippen LogP contribution is 2.19. The molecule has 8 heteroatoms. The third kappa shape index (κ3) is 3.48. The van der Waals surface area contributed by atoms with Gasteiger partial charge in [-0.3, -0.25) is 0 Å². The van der Waals surface area contributed by atoms with Crippen LogP contribution in [0, 0.1) is 11.3 Å². The Morgan fingerprint density at radius 3 is 2.26 bits per heavy atom. The minimum Gasteiger partial charge on any atom is -0.444 e. The molecule has 0 fully saturated rings. The van der Waals surface area contributed by atoms with Gasteiger partial charge in [0.25, 0.3) is 0 Å². The first kappa shape index (κ1) is 15.0. The number of esters is 1. The average molecular weight is 289 g/mol. The summed E-state index contributed by atoms with van der Waals surface area (Å²) in [5.74, 6) is -4.36. The number of sulfone groups is 1. The number of carbonyl (C=O) groups excluding carboxylic acids is 1. The molecule has 0 radical (unpaired) electrons. The van der Waals surface area contributed by atoms with Gasteiger partial charge in [0.05, 0.1) is 10.5 Å². The van der Waals surface area contributed by atoms with Crippen molar-refractivity contribution in [1.29, 1.82) is 5.26 Å². The Balaban J connectivity index is 2.95. The van der Waals surface area contributed by atoms with Crippen molar-refractivity contribution in [2.75, 3.05) is 0 Å². The van der Waals surface area contributed by atoms with Crippen LogP contribution in [0.4, 0.5) is 8.78 Å². The molecule has 0 saturated heterocycles. The molecule has 0 unspecified atom stereocenters. The molecule has 1 aromatic rings. The van der Waals surface area contributed by atoms with E-state index in [2.05, 4.69) is 4.74 Å². The summed E-state index contributed by atoms with van der Waals surface area (Å²) in [6.07, 6.45) is -0.961. The standard InChI is InChI=1S/C11H9F2NO4S/c1-7(6-14)18-10(15)8-2-4-9(5-3-8)19(16,17)11(12)13/h2-5,7,11H,1H3/t7-/m1/s1. The van der Waals surface area contributed by atoms with Crippen LogP contribution in [0.2, 0.25) is 0 Å². The van der Waals surface area contributed by atoms with Crippen molar-refractivity contribution >= 4 is 15.8 Å². The van der Waals surface area contributed by atoms with E-state index in [1.54, 1.807) is 6.07 Å². The minimum atomic E-state index is -4.68. The maximum atomic E-state index is 12.3. The van der Waals surface area contributed by atoms with Crippen LogP contribution in [0.5, 0.6) is 0 Å². The topological polar surface area (TPSA) is 84.2 Å². The van der Waals surface area contributed by atoms with E-state index in [0.717, 1.165) is 24.3 Å². The third-order valence-electron chi connectivity index (χ3n) is 2.12. The third-order valence-corrected chi connectivity index (χ3v) is 3.52. The van der Waals surface area contributed by atoms with Crippen molar-refractivity contribution in [3.63, 3.8) is 0 Å². The molecule has 0 aromatic heterocycles. The predicted octanol–water partition coefficient (Wildman–Crippen LogP) is 1.75. The van der Waals surface area contributed by atoms with E-state index in [-0.39, 0.29) is 5.56 Å². The number of rotatable bonds is 4. The minimum absolute atomic E-state index is 0.0321. The molecular formula is C11H9F2NO4S. The van der Waals surface area contributed by atoms with Crippen LogP contribution in [0.15, 0.2) is 29.2 Å². The van der Waals surface area contributed by atoms with Crippen LogP contribution in [-0.4, -0.2) is 26.2 Å². The Morgan fingerprint density at radius 1 is 1.32 bits per heavy atom. The van der Waals surface area contributed by atoms with E-state index in [1.807, 2.05) is 0 Å². The molecular weight excluding hydrogens is 280 g/mol. The van der Waals surface area contributed by atoms with E-state index in [0.29, 0.717) is 0 Å². The number of nitrogens with zero attached hydrogens (tertiary/aromatic N) is 1. The number of hydrogen-bond donors (Lipinski definition) is 0. The van der Waals surface area contributed by atoms with Crippen molar-refractivity contribution in [1.82, 2.24) is 0 Å². The van der Waals surface area contributed by atoms with E-state index >= 15 is 0 Å². The fourth-order valence-corrected chi connectivity index (χ4v) is 1.86. The second-order valence-corrected chi connectivity index (χ2v) is 5.42. The van der Waals surface area contributed by atoms with Gasteiger partial charge in [0, 0.05) is 0 Å². The average Bonchev–Trinajstić information content (AvgIpc) is 2.38. The lowest BCUT2D eigenvalue weighted by atomic mass is 10.2. The fraction of sp³-hybridized carbons (Fsp3) is 0.273. The van der Waals surface area contributed by atoms with Crippen molar-refractivity contribution < 1.29 is 26.7 Å². The molecule has 0 spiro atoms. The Kier molecular flexibility index (Phi) is 4.56. The zero-order valence-electron chi connectivity index (χ0n) is 9.71. The Morgan fingerprint density at radius 2 is 1.84 bits per heavy atom. The Bertz CT molecular complexity index is 605. The molecule has 0 amide bonds. The lowest BCUT2D eigenvalue weighted by Gasteiger charge is -2.07. The highest BCUT2D eigenvalue weighted by molar-refractivity contribution is 7.91.